The van der Waals surface area contributed by atoms with E-state index in [1.807, 2.05) is 5.43 Å². The molecule has 14 heavy (non-hydrogen) atoms. The van der Waals surface area contributed by atoms with E-state index in [1.165, 1.54) is 0 Å². The summed E-state index contributed by atoms with van der Waals surface area (Å²) in [6.45, 7) is 3.03. The van der Waals surface area contributed by atoms with E-state index in [2.05, 4.69) is 6.92 Å². The fourth-order valence-electron chi connectivity index (χ4n) is 0.919. The molecule has 5 heteroatoms. The molecule has 0 heterocycles. The number of rotatable bonds is 8. The van der Waals surface area contributed by atoms with Gasteiger partial charge in [-0.05, 0) is 12.8 Å². The van der Waals surface area contributed by atoms with Gasteiger partial charge in [0.2, 0.25) is 5.91 Å². The highest BCUT2D eigenvalue weighted by atomic mass is 16.5. The van der Waals surface area contributed by atoms with Crippen LogP contribution >= 0.6 is 0 Å². The number of hydrogen-bond acceptors (Lipinski definition) is 4. The van der Waals surface area contributed by atoms with E-state index in [9.17, 15) is 9.90 Å². The molecule has 0 bridgehead atoms. The first-order chi connectivity index (χ1) is 6.70. The van der Waals surface area contributed by atoms with Crippen molar-refractivity contribution in [2.45, 2.75) is 38.7 Å². The molecule has 0 aliphatic heterocycles. The number of unbranched alkanes of at least 4 members (excludes halogenated alkanes) is 1. The number of aliphatic hydroxyl groups excluding tert-OH is 1. The number of hydrogen-bond donors (Lipinski definition) is 3. The Morgan fingerprint density at radius 2 is 2.36 bits per heavy atom. The van der Waals surface area contributed by atoms with Gasteiger partial charge in [0.25, 0.3) is 0 Å². The molecule has 0 fully saturated rings. The Morgan fingerprint density at radius 3 is 2.93 bits per heavy atom. The lowest BCUT2D eigenvalue weighted by molar-refractivity contribution is -0.121. The van der Waals surface area contributed by atoms with Gasteiger partial charge in [0.15, 0.2) is 0 Å². The van der Waals surface area contributed by atoms with Gasteiger partial charge in [0.05, 0.1) is 12.7 Å². The number of hydrazine groups is 1. The predicted octanol–water partition coefficient (Wildman–Crippen LogP) is -0.0659. The van der Waals surface area contributed by atoms with Crippen molar-refractivity contribution in [2.24, 2.45) is 5.84 Å². The van der Waals surface area contributed by atoms with Gasteiger partial charge in [0.1, 0.15) is 0 Å². The first-order valence-corrected chi connectivity index (χ1v) is 4.96. The number of amides is 1. The maximum Gasteiger partial charge on any atom is 0.233 e. The third kappa shape index (κ3) is 7.97. The first kappa shape index (κ1) is 13.4. The van der Waals surface area contributed by atoms with Crippen LogP contribution in [0.15, 0.2) is 0 Å². The normalized spacial score (nSPS) is 12.5. The Balaban J connectivity index is 3.27. The maximum atomic E-state index is 10.7. The van der Waals surface area contributed by atoms with Crippen LogP contribution in [0.2, 0.25) is 0 Å². The summed E-state index contributed by atoms with van der Waals surface area (Å²) in [5.74, 6) is 4.62. The summed E-state index contributed by atoms with van der Waals surface area (Å²) in [5.41, 5.74) is 2.01. The third-order valence-electron chi connectivity index (χ3n) is 1.82. The van der Waals surface area contributed by atoms with Crippen LogP contribution in [0.1, 0.15) is 32.6 Å². The Bertz CT molecular complexity index is 153. The van der Waals surface area contributed by atoms with Gasteiger partial charge >= 0.3 is 0 Å². The van der Waals surface area contributed by atoms with Gasteiger partial charge in [-0.3, -0.25) is 10.2 Å². The first-order valence-electron chi connectivity index (χ1n) is 4.96. The van der Waals surface area contributed by atoms with Gasteiger partial charge < -0.3 is 9.84 Å². The summed E-state index contributed by atoms with van der Waals surface area (Å²) in [7, 11) is 0. The van der Waals surface area contributed by atoms with Crippen LogP contribution < -0.4 is 11.3 Å². The largest absolute Gasteiger partial charge is 0.391 e. The van der Waals surface area contributed by atoms with Crippen LogP contribution in [-0.2, 0) is 9.53 Å². The second kappa shape index (κ2) is 8.93. The van der Waals surface area contributed by atoms with E-state index in [1.54, 1.807) is 0 Å². The molecule has 84 valence electrons. The molecular weight excluding hydrogens is 184 g/mol. The summed E-state index contributed by atoms with van der Waals surface area (Å²) in [4.78, 5) is 10.7. The predicted molar refractivity (Wildman–Crippen MR) is 53.3 cm³/mol. The van der Waals surface area contributed by atoms with E-state index >= 15 is 0 Å². The van der Waals surface area contributed by atoms with Crippen LogP contribution in [0, 0.1) is 0 Å². The van der Waals surface area contributed by atoms with E-state index in [0.717, 1.165) is 12.8 Å². The van der Waals surface area contributed by atoms with Crippen LogP contribution in [-0.4, -0.2) is 30.3 Å². The molecule has 0 aromatic heterocycles. The van der Waals surface area contributed by atoms with Crippen molar-refractivity contribution in [2.75, 3.05) is 13.2 Å². The smallest absolute Gasteiger partial charge is 0.233 e. The van der Waals surface area contributed by atoms with Gasteiger partial charge in [0, 0.05) is 13.0 Å². The number of nitrogens with one attached hydrogen (secondary N) is 1. The number of carbonyl (C=O) groups is 1. The zero-order chi connectivity index (χ0) is 10.8. The third-order valence-corrected chi connectivity index (χ3v) is 1.82. The standard InChI is InChI=1S/C9H20N2O3/c1-2-3-6-14-7-8(12)4-5-9(13)11-10/h8,12H,2-7,10H2,1H3,(H,11,13)/t8-/m1/s1. The van der Waals surface area contributed by atoms with Gasteiger partial charge in [-0.1, -0.05) is 13.3 Å². The zero-order valence-corrected chi connectivity index (χ0v) is 8.66. The van der Waals surface area contributed by atoms with Gasteiger partial charge in [-0.15, -0.1) is 0 Å². The highest BCUT2D eigenvalue weighted by molar-refractivity contribution is 5.75. The van der Waals surface area contributed by atoms with Crippen molar-refractivity contribution in [1.82, 2.24) is 5.43 Å². The highest BCUT2D eigenvalue weighted by Crippen LogP contribution is 1.98. The molecule has 0 aliphatic rings. The Labute approximate surface area is 84.6 Å². The van der Waals surface area contributed by atoms with Crippen molar-refractivity contribution in [1.29, 1.82) is 0 Å². The summed E-state index contributed by atoms with van der Waals surface area (Å²) in [6, 6.07) is 0. The minimum Gasteiger partial charge on any atom is -0.391 e. The van der Waals surface area contributed by atoms with Crippen molar-refractivity contribution in [3.8, 4) is 0 Å². The van der Waals surface area contributed by atoms with Gasteiger partial charge in [-0.2, -0.15) is 0 Å². The minimum absolute atomic E-state index is 0.231. The molecule has 0 rings (SSSR count). The molecule has 1 atom stereocenters. The van der Waals surface area contributed by atoms with E-state index in [0.29, 0.717) is 13.0 Å². The molecule has 4 N–H and O–H groups in total. The molecule has 0 aromatic carbocycles. The fraction of sp³-hybridized carbons (Fsp3) is 0.889. The molecule has 0 aliphatic carbocycles. The maximum absolute atomic E-state index is 10.7. The molecule has 1 amide bonds. The molecule has 0 spiro atoms. The van der Waals surface area contributed by atoms with Crippen molar-refractivity contribution in [3.05, 3.63) is 0 Å². The molecule has 0 unspecified atom stereocenters. The summed E-state index contributed by atoms with van der Waals surface area (Å²) in [6.07, 6.45) is 2.11. The monoisotopic (exact) mass is 204 g/mol. The van der Waals surface area contributed by atoms with Crippen LogP contribution in [0.4, 0.5) is 0 Å². The Morgan fingerprint density at radius 1 is 1.64 bits per heavy atom. The Hall–Kier alpha value is -0.650. The van der Waals surface area contributed by atoms with E-state index in [-0.39, 0.29) is 18.9 Å². The van der Waals surface area contributed by atoms with Crippen LogP contribution in [0.5, 0.6) is 0 Å². The molecule has 0 radical (unpaired) electrons. The zero-order valence-electron chi connectivity index (χ0n) is 8.66. The van der Waals surface area contributed by atoms with Crippen molar-refractivity contribution in [3.63, 3.8) is 0 Å². The second-order valence-electron chi connectivity index (χ2n) is 3.19. The van der Waals surface area contributed by atoms with Crippen molar-refractivity contribution >= 4 is 5.91 Å². The molecule has 0 saturated carbocycles. The quantitative estimate of drug-likeness (QED) is 0.224. The summed E-state index contributed by atoms with van der Waals surface area (Å²) >= 11 is 0. The number of ether oxygens (including phenoxy) is 1. The Kier molecular flexibility index (Phi) is 8.51. The van der Waals surface area contributed by atoms with Crippen LogP contribution in [0.25, 0.3) is 0 Å². The molecule has 5 nitrogen and oxygen atoms in total. The van der Waals surface area contributed by atoms with E-state index in [4.69, 9.17) is 10.6 Å². The number of carbonyl (C=O) groups excluding carboxylic acids is 1. The minimum atomic E-state index is -0.579. The molecule has 0 saturated heterocycles. The summed E-state index contributed by atoms with van der Waals surface area (Å²) in [5, 5.41) is 9.35. The van der Waals surface area contributed by atoms with Crippen molar-refractivity contribution < 1.29 is 14.6 Å². The second-order valence-corrected chi connectivity index (χ2v) is 3.19. The average Bonchev–Trinajstić information content (AvgIpc) is 2.21. The SMILES string of the molecule is CCCCOC[C@H](O)CCC(=O)NN. The number of nitrogens with two attached hydrogens (primary N) is 1. The molecular formula is C9H20N2O3. The lowest BCUT2D eigenvalue weighted by Gasteiger charge is -2.10. The summed E-state index contributed by atoms with van der Waals surface area (Å²) < 4.78 is 5.19. The topological polar surface area (TPSA) is 84.6 Å². The lowest BCUT2D eigenvalue weighted by atomic mass is 10.2. The highest BCUT2D eigenvalue weighted by Gasteiger charge is 2.06. The van der Waals surface area contributed by atoms with Crippen LogP contribution in [0.3, 0.4) is 0 Å². The lowest BCUT2D eigenvalue weighted by Crippen LogP contribution is -2.31. The van der Waals surface area contributed by atoms with Gasteiger partial charge in [-0.25, -0.2) is 5.84 Å². The van der Waals surface area contributed by atoms with E-state index < -0.39 is 6.10 Å². The number of aliphatic hydroxyl groups is 1. The molecule has 0 aromatic rings. The fourth-order valence-corrected chi connectivity index (χ4v) is 0.919. The average molecular weight is 204 g/mol.